The van der Waals surface area contributed by atoms with Crippen molar-refractivity contribution in [3.8, 4) is 6.07 Å². The second-order valence-electron chi connectivity index (χ2n) is 6.20. The Kier molecular flexibility index (Phi) is 5.54. The van der Waals surface area contributed by atoms with Gasteiger partial charge < -0.3 is 0 Å². The molecule has 1 aromatic rings. The molecule has 1 saturated carbocycles. The van der Waals surface area contributed by atoms with E-state index in [9.17, 15) is 5.26 Å². The Morgan fingerprint density at radius 3 is 2.50 bits per heavy atom. The molecule has 20 heavy (non-hydrogen) atoms. The second kappa shape index (κ2) is 7.18. The number of rotatable bonds is 4. The Labute approximate surface area is 127 Å². The SMILES string of the molecule is CCC1CCC(C#N)C(Sc2ccc(C(C)C)cc2)C1. The van der Waals surface area contributed by atoms with E-state index >= 15 is 0 Å². The summed E-state index contributed by atoms with van der Waals surface area (Å²) in [5, 5.41) is 9.83. The van der Waals surface area contributed by atoms with Crippen LogP contribution in [0.4, 0.5) is 0 Å². The van der Waals surface area contributed by atoms with Crippen molar-refractivity contribution in [3.63, 3.8) is 0 Å². The lowest BCUT2D eigenvalue weighted by molar-refractivity contribution is 0.317. The lowest BCUT2D eigenvalue weighted by Crippen LogP contribution is -2.25. The highest BCUT2D eigenvalue weighted by atomic mass is 32.2. The summed E-state index contributed by atoms with van der Waals surface area (Å²) in [5.74, 6) is 1.62. The van der Waals surface area contributed by atoms with Crippen molar-refractivity contribution in [2.45, 2.75) is 62.5 Å². The molecule has 3 atom stereocenters. The van der Waals surface area contributed by atoms with Crippen LogP contribution in [-0.4, -0.2) is 5.25 Å². The van der Waals surface area contributed by atoms with Crippen molar-refractivity contribution in [1.82, 2.24) is 0 Å². The van der Waals surface area contributed by atoms with Crippen LogP contribution in [0.25, 0.3) is 0 Å². The average molecular weight is 287 g/mol. The van der Waals surface area contributed by atoms with Crippen LogP contribution >= 0.6 is 11.8 Å². The Morgan fingerprint density at radius 2 is 1.95 bits per heavy atom. The van der Waals surface area contributed by atoms with Crippen molar-refractivity contribution >= 4 is 11.8 Å². The van der Waals surface area contributed by atoms with Crippen LogP contribution in [0, 0.1) is 23.2 Å². The van der Waals surface area contributed by atoms with Crippen LogP contribution in [-0.2, 0) is 0 Å². The quantitative estimate of drug-likeness (QED) is 0.717. The molecule has 2 heteroatoms. The Bertz CT molecular complexity index is 457. The van der Waals surface area contributed by atoms with Gasteiger partial charge in [0.25, 0.3) is 0 Å². The molecule has 0 aliphatic heterocycles. The van der Waals surface area contributed by atoms with E-state index < -0.39 is 0 Å². The third kappa shape index (κ3) is 3.79. The molecule has 1 aliphatic carbocycles. The van der Waals surface area contributed by atoms with E-state index in [1.165, 1.54) is 29.7 Å². The van der Waals surface area contributed by atoms with E-state index in [0.29, 0.717) is 11.2 Å². The van der Waals surface area contributed by atoms with Crippen molar-refractivity contribution < 1.29 is 0 Å². The molecular formula is C18H25NS. The molecular weight excluding hydrogens is 262 g/mol. The van der Waals surface area contributed by atoms with Gasteiger partial charge in [0.15, 0.2) is 0 Å². The first-order chi connectivity index (χ1) is 9.63. The van der Waals surface area contributed by atoms with Crippen LogP contribution in [0.2, 0.25) is 0 Å². The zero-order chi connectivity index (χ0) is 14.5. The van der Waals surface area contributed by atoms with Crippen LogP contribution in [0.3, 0.4) is 0 Å². The predicted molar refractivity (Wildman–Crippen MR) is 86.9 cm³/mol. The Balaban J connectivity index is 2.04. The first kappa shape index (κ1) is 15.4. The zero-order valence-electron chi connectivity index (χ0n) is 12.8. The molecule has 0 spiro atoms. The lowest BCUT2D eigenvalue weighted by atomic mass is 9.81. The van der Waals surface area contributed by atoms with Crippen LogP contribution < -0.4 is 0 Å². The minimum atomic E-state index is 0.229. The van der Waals surface area contributed by atoms with Crippen molar-refractivity contribution in [2.75, 3.05) is 0 Å². The number of hydrogen-bond donors (Lipinski definition) is 0. The molecule has 0 radical (unpaired) electrons. The van der Waals surface area contributed by atoms with Gasteiger partial charge in [-0.05, 0) is 48.8 Å². The first-order valence-electron chi connectivity index (χ1n) is 7.80. The number of nitriles is 1. The smallest absolute Gasteiger partial charge is 0.0667 e. The molecule has 0 heterocycles. The first-order valence-corrected chi connectivity index (χ1v) is 8.68. The number of hydrogen-bond acceptors (Lipinski definition) is 2. The van der Waals surface area contributed by atoms with Gasteiger partial charge in [0, 0.05) is 10.1 Å². The molecule has 1 aliphatic rings. The summed E-state index contributed by atoms with van der Waals surface area (Å²) in [6, 6.07) is 11.4. The fraction of sp³-hybridized carbons (Fsp3) is 0.611. The average Bonchev–Trinajstić information content (AvgIpc) is 2.47. The zero-order valence-corrected chi connectivity index (χ0v) is 13.6. The van der Waals surface area contributed by atoms with Crippen LogP contribution in [0.1, 0.15) is 57.9 Å². The molecule has 0 amide bonds. The van der Waals surface area contributed by atoms with Gasteiger partial charge in [-0.2, -0.15) is 5.26 Å². The number of benzene rings is 1. The summed E-state index contributed by atoms with van der Waals surface area (Å²) >= 11 is 1.91. The Hall–Kier alpha value is -0.940. The number of thioether (sulfide) groups is 1. The summed E-state index contributed by atoms with van der Waals surface area (Å²) in [6.45, 7) is 6.72. The third-order valence-electron chi connectivity index (χ3n) is 4.48. The lowest BCUT2D eigenvalue weighted by Gasteiger charge is -2.31. The highest BCUT2D eigenvalue weighted by Gasteiger charge is 2.30. The van der Waals surface area contributed by atoms with Gasteiger partial charge >= 0.3 is 0 Å². The topological polar surface area (TPSA) is 23.8 Å². The van der Waals surface area contributed by atoms with Gasteiger partial charge in [-0.1, -0.05) is 39.3 Å². The van der Waals surface area contributed by atoms with E-state index in [1.807, 2.05) is 11.8 Å². The highest BCUT2D eigenvalue weighted by Crippen LogP contribution is 2.40. The second-order valence-corrected chi connectivity index (χ2v) is 7.52. The Morgan fingerprint density at radius 1 is 1.25 bits per heavy atom. The van der Waals surface area contributed by atoms with Crippen LogP contribution in [0.15, 0.2) is 29.2 Å². The normalized spacial score (nSPS) is 26.4. The maximum atomic E-state index is 9.35. The number of nitrogens with zero attached hydrogens (tertiary/aromatic N) is 1. The van der Waals surface area contributed by atoms with Crippen molar-refractivity contribution in [2.24, 2.45) is 11.8 Å². The summed E-state index contributed by atoms with van der Waals surface area (Å²) in [7, 11) is 0. The molecule has 0 bridgehead atoms. The van der Waals surface area contributed by atoms with Gasteiger partial charge in [-0.3, -0.25) is 0 Å². The fourth-order valence-corrected chi connectivity index (χ4v) is 4.34. The minimum absolute atomic E-state index is 0.229. The third-order valence-corrected chi connectivity index (χ3v) is 5.85. The van der Waals surface area contributed by atoms with E-state index in [-0.39, 0.29) is 5.92 Å². The molecule has 1 fully saturated rings. The fourth-order valence-electron chi connectivity index (χ4n) is 2.97. The molecule has 108 valence electrons. The van der Waals surface area contributed by atoms with E-state index in [4.69, 9.17) is 0 Å². The van der Waals surface area contributed by atoms with E-state index in [0.717, 1.165) is 12.3 Å². The van der Waals surface area contributed by atoms with Crippen molar-refractivity contribution in [1.29, 1.82) is 5.26 Å². The van der Waals surface area contributed by atoms with Gasteiger partial charge in [-0.25, -0.2) is 0 Å². The molecule has 1 aromatic carbocycles. The minimum Gasteiger partial charge on any atom is -0.198 e. The predicted octanol–water partition coefficient (Wildman–Crippen LogP) is 5.62. The van der Waals surface area contributed by atoms with Gasteiger partial charge in [0.1, 0.15) is 0 Å². The van der Waals surface area contributed by atoms with Gasteiger partial charge in [-0.15, -0.1) is 11.8 Å². The van der Waals surface area contributed by atoms with Crippen LogP contribution in [0.5, 0.6) is 0 Å². The molecule has 3 unspecified atom stereocenters. The maximum absolute atomic E-state index is 9.35. The van der Waals surface area contributed by atoms with Gasteiger partial charge in [0.05, 0.1) is 12.0 Å². The monoisotopic (exact) mass is 287 g/mol. The molecule has 0 aromatic heterocycles. The molecule has 1 nitrogen and oxygen atoms in total. The molecule has 0 saturated heterocycles. The summed E-state index contributed by atoms with van der Waals surface area (Å²) in [4.78, 5) is 1.32. The molecule has 2 rings (SSSR count). The highest BCUT2D eigenvalue weighted by molar-refractivity contribution is 8.00. The summed E-state index contributed by atoms with van der Waals surface area (Å²) in [5.41, 5.74) is 1.39. The summed E-state index contributed by atoms with van der Waals surface area (Å²) in [6.07, 6.45) is 4.77. The largest absolute Gasteiger partial charge is 0.198 e. The van der Waals surface area contributed by atoms with E-state index in [1.54, 1.807) is 0 Å². The van der Waals surface area contributed by atoms with Crippen molar-refractivity contribution in [3.05, 3.63) is 29.8 Å². The maximum Gasteiger partial charge on any atom is 0.0667 e. The van der Waals surface area contributed by atoms with E-state index in [2.05, 4.69) is 51.1 Å². The summed E-state index contributed by atoms with van der Waals surface area (Å²) < 4.78 is 0. The molecule has 0 N–H and O–H groups in total. The van der Waals surface area contributed by atoms with Gasteiger partial charge in [0.2, 0.25) is 0 Å². The standard InChI is InChI=1S/C18H25NS/c1-4-14-5-6-16(12-19)18(11-14)20-17-9-7-15(8-10-17)13(2)3/h7-10,13-14,16,18H,4-6,11H2,1-3H3.